The first-order chi connectivity index (χ1) is 36.0. The fourth-order valence-electron chi connectivity index (χ4n) is 14.0. The lowest BCUT2D eigenvalue weighted by molar-refractivity contribution is 0.623. The van der Waals surface area contributed by atoms with Gasteiger partial charge in [-0.3, -0.25) is 0 Å². The van der Waals surface area contributed by atoms with Gasteiger partial charge in [-0.05, 0) is 138 Å². The van der Waals surface area contributed by atoms with E-state index < -0.39 is 10.8 Å². The van der Waals surface area contributed by atoms with Crippen LogP contribution in [0.15, 0.2) is 259 Å². The van der Waals surface area contributed by atoms with Gasteiger partial charge < -0.3 is 9.32 Å². The number of benzene rings is 10. The maximum Gasteiger partial charge on any atom is 0.136 e. The Morgan fingerprint density at radius 1 is 0.397 bits per heavy atom. The quantitative estimate of drug-likeness (QED) is 0.165. The van der Waals surface area contributed by atoms with E-state index in [0.29, 0.717) is 0 Å². The molecule has 0 fully saturated rings. The van der Waals surface area contributed by atoms with Crippen molar-refractivity contribution in [2.75, 3.05) is 4.90 Å². The summed E-state index contributed by atoms with van der Waals surface area (Å²) in [6, 6.07) is 89.0. The first kappa shape index (κ1) is 42.0. The topological polar surface area (TPSA) is 16.4 Å². The van der Waals surface area contributed by atoms with Crippen LogP contribution in [0.25, 0.3) is 49.8 Å². The summed E-state index contributed by atoms with van der Waals surface area (Å²) in [5.41, 5.74) is 23.7. The molecule has 4 aliphatic rings. The standard InChI is InChI=1S/C71H51NO/c1-69(2)59-26-12-9-23-53(59)55-41-38-51(44-65(55)69)72(50-36-33-46(34-37-50)47-35-40-58-57-25-11-18-32-67(57)73-68(58)43-47)52-39-42-56-54-24-10-13-27-60(54)71(66(56)45-52)63-30-16-14-28-61(63)70(48-19-5-3-6-20-48,49-21-7-4-8-22-49)62-29-15-17-31-64(62)71/h3-36,38-45,50H,37H2,1-2H3. The zero-order valence-corrected chi connectivity index (χ0v) is 40.9. The summed E-state index contributed by atoms with van der Waals surface area (Å²) in [4.78, 5) is 2.63. The molecule has 0 radical (unpaired) electrons. The number of hydrogen-bond acceptors (Lipinski definition) is 2. The van der Waals surface area contributed by atoms with Gasteiger partial charge in [0.2, 0.25) is 0 Å². The van der Waals surface area contributed by atoms with E-state index >= 15 is 0 Å². The predicted molar refractivity (Wildman–Crippen MR) is 301 cm³/mol. The number of nitrogens with zero attached hydrogens (tertiary/aromatic N) is 1. The van der Waals surface area contributed by atoms with Crippen molar-refractivity contribution in [1.82, 2.24) is 0 Å². The van der Waals surface area contributed by atoms with Gasteiger partial charge in [0.1, 0.15) is 11.2 Å². The van der Waals surface area contributed by atoms with Gasteiger partial charge in [0.15, 0.2) is 0 Å². The highest BCUT2D eigenvalue weighted by Gasteiger charge is 2.56. The maximum absolute atomic E-state index is 6.38. The summed E-state index contributed by atoms with van der Waals surface area (Å²) in [6.45, 7) is 4.78. The molecule has 1 atom stereocenters. The Bertz CT molecular complexity index is 4020. The van der Waals surface area contributed by atoms with E-state index in [1.54, 1.807) is 0 Å². The van der Waals surface area contributed by atoms with Crippen molar-refractivity contribution in [3.63, 3.8) is 0 Å². The second-order valence-corrected chi connectivity index (χ2v) is 21.0. The molecule has 346 valence electrons. The maximum atomic E-state index is 6.38. The van der Waals surface area contributed by atoms with E-state index in [9.17, 15) is 0 Å². The molecule has 15 rings (SSSR count). The molecule has 1 unspecified atom stereocenters. The second-order valence-electron chi connectivity index (χ2n) is 21.0. The summed E-state index contributed by atoms with van der Waals surface area (Å²) in [6.07, 6.45) is 8.03. The SMILES string of the molecule is CC1(C)c2ccccc2-c2ccc(N(c3ccc4c(c3)C3(c5ccccc5-4)c4ccccc4C(c4ccccc4)(c4ccccc4)c4ccccc43)C3C=CC(c4ccc5c(c4)oc4ccccc45)=CC3)cc21. The highest BCUT2D eigenvalue weighted by molar-refractivity contribution is 6.05. The van der Waals surface area contributed by atoms with E-state index in [-0.39, 0.29) is 11.5 Å². The van der Waals surface area contributed by atoms with Gasteiger partial charge >= 0.3 is 0 Å². The molecule has 1 spiro atoms. The third-order valence-corrected chi connectivity index (χ3v) is 17.2. The van der Waals surface area contributed by atoms with Gasteiger partial charge in [-0.1, -0.05) is 226 Å². The Morgan fingerprint density at radius 3 is 1.52 bits per heavy atom. The van der Waals surface area contributed by atoms with Crippen LogP contribution in [0.5, 0.6) is 0 Å². The van der Waals surface area contributed by atoms with Crippen LogP contribution >= 0.6 is 0 Å². The second kappa shape index (κ2) is 15.6. The molecule has 0 aliphatic heterocycles. The van der Waals surface area contributed by atoms with Crippen molar-refractivity contribution in [2.24, 2.45) is 0 Å². The van der Waals surface area contributed by atoms with Gasteiger partial charge in [-0.2, -0.15) is 0 Å². The zero-order chi connectivity index (χ0) is 48.5. The fourth-order valence-corrected chi connectivity index (χ4v) is 14.0. The Morgan fingerprint density at radius 2 is 0.890 bits per heavy atom. The molecule has 73 heavy (non-hydrogen) atoms. The van der Waals surface area contributed by atoms with Crippen LogP contribution in [0.1, 0.15) is 81.5 Å². The van der Waals surface area contributed by atoms with Crippen LogP contribution in [0.4, 0.5) is 11.4 Å². The van der Waals surface area contributed by atoms with Crippen molar-refractivity contribution in [1.29, 1.82) is 0 Å². The lowest BCUT2D eigenvalue weighted by Crippen LogP contribution is -2.44. The number of anilines is 2. The van der Waals surface area contributed by atoms with E-state index in [2.05, 4.69) is 267 Å². The average Bonchev–Trinajstić information content (AvgIpc) is 4.05. The monoisotopic (exact) mass is 933 g/mol. The molecular formula is C71H51NO. The number of para-hydroxylation sites is 1. The van der Waals surface area contributed by atoms with E-state index in [4.69, 9.17) is 4.42 Å². The van der Waals surface area contributed by atoms with Gasteiger partial charge in [-0.25, -0.2) is 0 Å². The molecule has 11 aromatic rings. The Kier molecular flexibility index (Phi) is 9.00. The van der Waals surface area contributed by atoms with Crippen LogP contribution in [0.3, 0.4) is 0 Å². The van der Waals surface area contributed by atoms with E-state index in [1.165, 1.54) is 100 Å². The van der Waals surface area contributed by atoms with Crippen LogP contribution in [-0.2, 0) is 16.2 Å². The first-order valence-electron chi connectivity index (χ1n) is 25.8. The summed E-state index contributed by atoms with van der Waals surface area (Å²) in [7, 11) is 0. The van der Waals surface area contributed by atoms with Gasteiger partial charge in [0, 0.05) is 27.6 Å². The minimum Gasteiger partial charge on any atom is -0.456 e. The smallest absolute Gasteiger partial charge is 0.136 e. The van der Waals surface area contributed by atoms with Crippen LogP contribution in [-0.4, -0.2) is 6.04 Å². The van der Waals surface area contributed by atoms with Crippen LogP contribution in [0.2, 0.25) is 0 Å². The fraction of sp³-hybridized carbons (Fsp3) is 0.0986. The minimum atomic E-state index is -0.611. The number of furan rings is 1. The number of fused-ring (bicyclic) bond motifs is 15. The number of rotatable bonds is 6. The molecule has 1 heterocycles. The number of hydrogen-bond donors (Lipinski definition) is 0. The molecular weight excluding hydrogens is 883 g/mol. The summed E-state index contributed by atoms with van der Waals surface area (Å²) >= 11 is 0. The normalized spacial score (nSPS) is 16.8. The van der Waals surface area contributed by atoms with E-state index in [0.717, 1.165) is 28.4 Å². The molecule has 2 heteroatoms. The van der Waals surface area contributed by atoms with Gasteiger partial charge in [0.05, 0.1) is 16.9 Å². The molecule has 0 bridgehead atoms. The van der Waals surface area contributed by atoms with Crippen molar-refractivity contribution < 1.29 is 4.42 Å². The Labute approximate surface area is 426 Å². The largest absolute Gasteiger partial charge is 0.456 e. The van der Waals surface area contributed by atoms with E-state index in [1.807, 2.05) is 6.07 Å². The van der Waals surface area contributed by atoms with Crippen molar-refractivity contribution >= 4 is 38.9 Å². The minimum absolute atomic E-state index is 0.0381. The highest BCUT2D eigenvalue weighted by Crippen LogP contribution is 2.65. The molecule has 1 aromatic heterocycles. The third-order valence-electron chi connectivity index (χ3n) is 17.2. The molecule has 10 aromatic carbocycles. The van der Waals surface area contributed by atoms with Crippen molar-refractivity contribution in [2.45, 2.75) is 42.6 Å². The summed E-state index contributed by atoms with van der Waals surface area (Å²) < 4.78 is 6.38. The van der Waals surface area contributed by atoms with Gasteiger partial charge in [-0.15, -0.1) is 0 Å². The highest BCUT2D eigenvalue weighted by atomic mass is 16.3. The lowest BCUT2D eigenvalue weighted by Gasteiger charge is -2.50. The molecule has 0 saturated carbocycles. The number of allylic oxidation sites excluding steroid dienone is 2. The lowest BCUT2D eigenvalue weighted by atomic mass is 9.51. The summed E-state index contributed by atoms with van der Waals surface area (Å²) in [5.74, 6) is 0. The Hall–Kier alpha value is -8.72. The van der Waals surface area contributed by atoms with Gasteiger partial charge in [0.25, 0.3) is 0 Å². The van der Waals surface area contributed by atoms with Crippen LogP contribution in [0, 0.1) is 0 Å². The first-order valence-corrected chi connectivity index (χ1v) is 25.8. The molecule has 2 nitrogen and oxygen atoms in total. The third kappa shape index (κ3) is 5.75. The molecule has 0 saturated heterocycles. The average molecular weight is 934 g/mol. The molecule has 0 N–H and O–H groups in total. The summed E-state index contributed by atoms with van der Waals surface area (Å²) in [5, 5.41) is 2.30. The van der Waals surface area contributed by atoms with Crippen molar-refractivity contribution in [3.05, 3.63) is 316 Å². The van der Waals surface area contributed by atoms with Crippen LogP contribution < -0.4 is 4.90 Å². The Balaban J connectivity index is 0.941. The molecule has 4 aliphatic carbocycles. The van der Waals surface area contributed by atoms with Crippen molar-refractivity contribution in [3.8, 4) is 22.3 Å². The molecule has 0 amide bonds. The zero-order valence-electron chi connectivity index (χ0n) is 40.9. The predicted octanol–water partition coefficient (Wildman–Crippen LogP) is 17.5.